The van der Waals surface area contributed by atoms with Gasteiger partial charge in [-0.1, -0.05) is 0 Å². The van der Waals surface area contributed by atoms with Crippen molar-refractivity contribution in [3.05, 3.63) is 59.4 Å². The van der Waals surface area contributed by atoms with Gasteiger partial charge >= 0.3 is 5.97 Å². The van der Waals surface area contributed by atoms with E-state index in [2.05, 4.69) is 0 Å². The Morgan fingerprint density at radius 3 is 2.00 bits per heavy atom. The Labute approximate surface area is 105 Å². The fraction of sp³-hybridized carbons (Fsp3) is 0. The number of aromatic carboxylic acids is 1. The lowest BCUT2D eigenvalue weighted by atomic mass is 10.2. The first-order valence-corrected chi connectivity index (χ1v) is 5.13. The van der Waals surface area contributed by atoms with Gasteiger partial charge in [-0.05, 0) is 36.4 Å². The Morgan fingerprint density at radius 2 is 1.53 bits per heavy atom. The molecule has 2 aromatic carbocycles. The van der Waals surface area contributed by atoms with Gasteiger partial charge < -0.3 is 9.84 Å². The number of halogens is 3. The molecule has 0 heterocycles. The summed E-state index contributed by atoms with van der Waals surface area (Å²) < 4.78 is 44.6. The van der Waals surface area contributed by atoms with E-state index in [1.54, 1.807) is 0 Å². The number of carbonyl (C=O) groups is 1. The van der Waals surface area contributed by atoms with Gasteiger partial charge in [-0.15, -0.1) is 0 Å². The molecule has 0 fully saturated rings. The molecule has 0 spiro atoms. The maximum Gasteiger partial charge on any atom is 0.335 e. The first kappa shape index (κ1) is 12.9. The molecule has 2 aromatic rings. The molecule has 0 aliphatic heterocycles. The van der Waals surface area contributed by atoms with E-state index < -0.39 is 34.7 Å². The predicted molar refractivity (Wildman–Crippen MR) is 59.8 cm³/mol. The molecule has 0 unspecified atom stereocenters. The summed E-state index contributed by atoms with van der Waals surface area (Å²) in [6.45, 7) is 0. The van der Waals surface area contributed by atoms with Crippen LogP contribution in [0.2, 0.25) is 0 Å². The zero-order valence-corrected chi connectivity index (χ0v) is 9.36. The minimum atomic E-state index is -1.45. The molecule has 1 N–H and O–H groups in total. The van der Waals surface area contributed by atoms with Crippen molar-refractivity contribution < 1.29 is 27.8 Å². The highest BCUT2D eigenvalue weighted by Crippen LogP contribution is 2.28. The molecule has 3 nitrogen and oxygen atoms in total. The van der Waals surface area contributed by atoms with Crippen LogP contribution in [-0.4, -0.2) is 11.1 Å². The molecule has 0 saturated heterocycles. The molecule has 0 aromatic heterocycles. The van der Waals surface area contributed by atoms with E-state index in [-0.39, 0.29) is 5.75 Å². The molecule has 0 atom stereocenters. The van der Waals surface area contributed by atoms with Crippen molar-refractivity contribution in [2.45, 2.75) is 0 Å². The molecule has 19 heavy (non-hydrogen) atoms. The van der Waals surface area contributed by atoms with Crippen LogP contribution in [0.5, 0.6) is 11.5 Å². The van der Waals surface area contributed by atoms with Gasteiger partial charge in [-0.2, -0.15) is 0 Å². The molecule has 0 bridgehead atoms. The van der Waals surface area contributed by atoms with E-state index in [1.165, 1.54) is 12.1 Å². The van der Waals surface area contributed by atoms with Crippen LogP contribution in [0.15, 0.2) is 36.4 Å². The van der Waals surface area contributed by atoms with Crippen LogP contribution in [0.4, 0.5) is 13.2 Å². The highest BCUT2D eigenvalue weighted by molar-refractivity contribution is 5.87. The minimum Gasteiger partial charge on any atom is -0.478 e. The number of hydrogen-bond donors (Lipinski definition) is 1. The average Bonchev–Trinajstić information content (AvgIpc) is 2.35. The van der Waals surface area contributed by atoms with Crippen LogP contribution in [0.3, 0.4) is 0 Å². The lowest BCUT2D eigenvalue weighted by molar-refractivity contribution is 0.0695. The van der Waals surface area contributed by atoms with Gasteiger partial charge in [-0.25, -0.2) is 18.0 Å². The molecular formula is C13H7F3O3. The van der Waals surface area contributed by atoms with Crippen LogP contribution < -0.4 is 4.74 Å². The van der Waals surface area contributed by atoms with Crippen LogP contribution in [0.1, 0.15) is 10.4 Å². The van der Waals surface area contributed by atoms with Gasteiger partial charge in [0.15, 0.2) is 17.4 Å². The summed E-state index contributed by atoms with van der Waals surface area (Å²) in [5.41, 5.74) is -0.526. The molecular weight excluding hydrogens is 261 g/mol. The average molecular weight is 268 g/mol. The second kappa shape index (κ2) is 5.01. The molecule has 0 aliphatic rings. The third kappa shape index (κ3) is 2.85. The van der Waals surface area contributed by atoms with E-state index in [9.17, 15) is 18.0 Å². The summed E-state index contributed by atoms with van der Waals surface area (Å²) >= 11 is 0. The van der Waals surface area contributed by atoms with E-state index in [0.717, 1.165) is 12.1 Å². The van der Waals surface area contributed by atoms with Crippen molar-refractivity contribution >= 4 is 5.97 Å². The SMILES string of the molecule is O=C(O)c1cc(F)c(Oc2ccc(F)cc2)c(F)c1. The summed E-state index contributed by atoms with van der Waals surface area (Å²) in [5.74, 6) is -4.98. The Balaban J connectivity index is 2.35. The van der Waals surface area contributed by atoms with Gasteiger partial charge in [0, 0.05) is 0 Å². The Bertz CT molecular complexity index is 601. The van der Waals surface area contributed by atoms with Crippen molar-refractivity contribution in [1.82, 2.24) is 0 Å². The summed E-state index contributed by atoms with van der Waals surface area (Å²) in [5, 5.41) is 8.63. The maximum atomic E-state index is 13.5. The first-order valence-electron chi connectivity index (χ1n) is 5.13. The fourth-order valence-electron chi connectivity index (χ4n) is 1.40. The standard InChI is InChI=1S/C13H7F3O3/c14-8-1-3-9(4-2-8)19-12-10(15)5-7(13(17)18)6-11(12)16/h1-6H,(H,17,18). The first-order chi connectivity index (χ1) is 8.97. The summed E-state index contributed by atoms with van der Waals surface area (Å²) in [7, 11) is 0. The number of ether oxygens (including phenoxy) is 1. The smallest absolute Gasteiger partial charge is 0.335 e. The summed E-state index contributed by atoms with van der Waals surface area (Å²) in [4.78, 5) is 10.6. The van der Waals surface area contributed by atoms with E-state index in [1.807, 2.05) is 0 Å². The third-order valence-electron chi connectivity index (χ3n) is 2.28. The second-order valence-electron chi connectivity index (χ2n) is 3.63. The quantitative estimate of drug-likeness (QED) is 0.925. The summed E-state index contributed by atoms with van der Waals surface area (Å²) in [6, 6.07) is 5.81. The molecule has 0 amide bonds. The van der Waals surface area contributed by atoms with Gasteiger partial charge in [0.25, 0.3) is 0 Å². The topological polar surface area (TPSA) is 46.5 Å². The molecule has 0 aliphatic carbocycles. The Kier molecular flexibility index (Phi) is 3.41. The van der Waals surface area contributed by atoms with Crippen LogP contribution in [0, 0.1) is 17.5 Å². The highest BCUT2D eigenvalue weighted by atomic mass is 19.1. The largest absolute Gasteiger partial charge is 0.478 e. The second-order valence-corrected chi connectivity index (χ2v) is 3.63. The van der Waals surface area contributed by atoms with Crippen molar-refractivity contribution in [2.75, 3.05) is 0 Å². The van der Waals surface area contributed by atoms with Crippen molar-refractivity contribution in [1.29, 1.82) is 0 Å². The lowest BCUT2D eigenvalue weighted by Crippen LogP contribution is -2.01. The Hall–Kier alpha value is -2.50. The molecule has 0 radical (unpaired) electrons. The zero-order chi connectivity index (χ0) is 14.0. The van der Waals surface area contributed by atoms with Crippen molar-refractivity contribution in [3.8, 4) is 11.5 Å². The molecule has 6 heteroatoms. The van der Waals surface area contributed by atoms with E-state index in [4.69, 9.17) is 9.84 Å². The number of hydrogen-bond acceptors (Lipinski definition) is 2. The number of carboxylic acid groups (broad SMARTS) is 1. The molecule has 2 rings (SSSR count). The maximum absolute atomic E-state index is 13.5. The van der Waals surface area contributed by atoms with Gasteiger partial charge in [-0.3, -0.25) is 0 Å². The number of rotatable bonds is 3. The van der Waals surface area contributed by atoms with Crippen molar-refractivity contribution in [3.63, 3.8) is 0 Å². The Morgan fingerprint density at radius 1 is 1.00 bits per heavy atom. The van der Waals surface area contributed by atoms with Gasteiger partial charge in [0.2, 0.25) is 0 Å². The number of carboxylic acids is 1. The predicted octanol–water partition coefficient (Wildman–Crippen LogP) is 3.59. The molecule has 98 valence electrons. The van der Waals surface area contributed by atoms with E-state index >= 15 is 0 Å². The van der Waals surface area contributed by atoms with Crippen LogP contribution in [0.25, 0.3) is 0 Å². The van der Waals surface area contributed by atoms with Crippen molar-refractivity contribution in [2.24, 2.45) is 0 Å². The van der Waals surface area contributed by atoms with Crippen LogP contribution in [-0.2, 0) is 0 Å². The minimum absolute atomic E-state index is 0.0299. The normalized spacial score (nSPS) is 10.3. The van der Waals surface area contributed by atoms with Crippen LogP contribution >= 0.6 is 0 Å². The zero-order valence-electron chi connectivity index (χ0n) is 9.36. The van der Waals surface area contributed by atoms with Gasteiger partial charge in [0.05, 0.1) is 5.56 Å². The number of benzene rings is 2. The summed E-state index contributed by atoms with van der Waals surface area (Å²) in [6.07, 6.45) is 0. The fourth-order valence-corrected chi connectivity index (χ4v) is 1.40. The highest BCUT2D eigenvalue weighted by Gasteiger charge is 2.16. The molecule has 0 saturated carbocycles. The lowest BCUT2D eigenvalue weighted by Gasteiger charge is -2.08. The van der Waals surface area contributed by atoms with E-state index in [0.29, 0.717) is 12.1 Å². The van der Waals surface area contributed by atoms with Gasteiger partial charge in [0.1, 0.15) is 11.6 Å². The monoisotopic (exact) mass is 268 g/mol. The third-order valence-corrected chi connectivity index (χ3v) is 2.28.